The van der Waals surface area contributed by atoms with Gasteiger partial charge in [-0.3, -0.25) is 0 Å². The van der Waals surface area contributed by atoms with Crippen molar-refractivity contribution in [2.24, 2.45) is 0 Å². The van der Waals surface area contributed by atoms with Crippen LogP contribution in [0.4, 0.5) is 8.78 Å². The first kappa shape index (κ1) is 13.5. The molecule has 1 aromatic carbocycles. The van der Waals surface area contributed by atoms with E-state index in [1.807, 2.05) is 0 Å². The zero-order valence-electron chi connectivity index (χ0n) is 9.78. The van der Waals surface area contributed by atoms with E-state index in [1.165, 1.54) is 24.8 Å². The Bertz CT molecular complexity index is 572. The highest BCUT2D eigenvalue weighted by molar-refractivity contribution is 6.22. The molecular weight excluding hydrogens is 276 g/mol. The molecule has 19 heavy (non-hydrogen) atoms. The lowest BCUT2D eigenvalue weighted by Gasteiger charge is -2.14. The van der Waals surface area contributed by atoms with Crippen LogP contribution >= 0.6 is 11.6 Å². The van der Waals surface area contributed by atoms with Crippen LogP contribution in [0.2, 0.25) is 0 Å². The zero-order valence-corrected chi connectivity index (χ0v) is 10.5. The summed E-state index contributed by atoms with van der Waals surface area (Å²) < 4.78 is 36.9. The lowest BCUT2D eigenvalue weighted by Crippen LogP contribution is -2.05. The fourth-order valence-electron chi connectivity index (χ4n) is 1.54. The van der Waals surface area contributed by atoms with Crippen LogP contribution in [0.5, 0.6) is 5.75 Å². The van der Waals surface area contributed by atoms with Gasteiger partial charge in [0.1, 0.15) is 23.9 Å². The number of nitrogens with zero attached hydrogens (tertiary/aromatic N) is 1. The maximum Gasteiger partial charge on any atom is 0.200 e. The highest BCUT2D eigenvalue weighted by atomic mass is 35.5. The van der Waals surface area contributed by atoms with Crippen LogP contribution in [0.3, 0.4) is 0 Å². The van der Waals surface area contributed by atoms with Crippen LogP contribution in [-0.2, 0) is 0 Å². The van der Waals surface area contributed by atoms with Gasteiger partial charge in [0.25, 0.3) is 0 Å². The molecule has 0 saturated carbocycles. The van der Waals surface area contributed by atoms with Crippen LogP contribution in [0.15, 0.2) is 41.9 Å². The number of ether oxygens (including phenoxy) is 1. The van der Waals surface area contributed by atoms with E-state index in [0.29, 0.717) is 5.69 Å². The van der Waals surface area contributed by atoms with Crippen molar-refractivity contribution >= 4 is 11.6 Å². The molecule has 0 aliphatic rings. The summed E-state index contributed by atoms with van der Waals surface area (Å²) in [5.74, 6) is -2.34. The molecule has 100 valence electrons. The van der Waals surface area contributed by atoms with Crippen LogP contribution in [-0.4, -0.2) is 11.6 Å². The number of oxazole rings is 1. The third kappa shape index (κ3) is 2.76. The van der Waals surface area contributed by atoms with E-state index < -0.39 is 17.0 Å². The fraction of sp³-hybridized carbons (Fsp3) is 0.154. The second-order valence-electron chi connectivity index (χ2n) is 3.66. The standard InChI is InChI=1S/C13H10ClF2NO2/c1-2-5-19-13-8(3-4-9(15)12(13)16)11(14)10-6-18-7-17-10/h2-4,6-7,11H,1,5H2. The molecule has 1 atom stereocenters. The van der Waals surface area contributed by atoms with Crippen LogP contribution in [0.25, 0.3) is 0 Å². The quantitative estimate of drug-likeness (QED) is 0.618. The number of rotatable bonds is 5. The number of halogens is 3. The van der Waals surface area contributed by atoms with Crippen molar-refractivity contribution in [1.29, 1.82) is 0 Å². The molecule has 1 heterocycles. The molecule has 0 fully saturated rings. The summed E-state index contributed by atoms with van der Waals surface area (Å²) in [5, 5.41) is -0.798. The number of aromatic nitrogens is 1. The van der Waals surface area contributed by atoms with Crippen LogP contribution in [0.1, 0.15) is 16.6 Å². The van der Waals surface area contributed by atoms with Crippen molar-refractivity contribution in [3.05, 3.63) is 60.3 Å². The molecular formula is C13H10ClF2NO2. The Morgan fingerprint density at radius 3 is 2.89 bits per heavy atom. The third-order valence-corrected chi connectivity index (χ3v) is 2.87. The van der Waals surface area contributed by atoms with E-state index in [1.54, 1.807) is 0 Å². The molecule has 2 aromatic rings. The minimum absolute atomic E-state index is 0.0375. The number of benzene rings is 1. The van der Waals surface area contributed by atoms with E-state index in [-0.39, 0.29) is 17.9 Å². The van der Waals surface area contributed by atoms with Gasteiger partial charge in [0, 0.05) is 5.56 Å². The molecule has 0 aliphatic carbocycles. The first-order chi connectivity index (χ1) is 9.15. The average Bonchev–Trinajstić information content (AvgIpc) is 2.93. The van der Waals surface area contributed by atoms with Crippen LogP contribution in [0, 0.1) is 11.6 Å². The van der Waals surface area contributed by atoms with Crippen molar-refractivity contribution in [2.45, 2.75) is 5.38 Å². The van der Waals surface area contributed by atoms with Crippen molar-refractivity contribution in [3.63, 3.8) is 0 Å². The topological polar surface area (TPSA) is 35.3 Å². The summed E-state index contributed by atoms with van der Waals surface area (Å²) in [4.78, 5) is 3.88. The Morgan fingerprint density at radius 1 is 1.47 bits per heavy atom. The van der Waals surface area contributed by atoms with Gasteiger partial charge in [0.15, 0.2) is 18.0 Å². The number of hydrogen-bond donors (Lipinski definition) is 0. The van der Waals surface area contributed by atoms with Gasteiger partial charge in [-0.25, -0.2) is 9.37 Å². The van der Waals surface area contributed by atoms with Gasteiger partial charge in [0.2, 0.25) is 5.82 Å². The lowest BCUT2D eigenvalue weighted by atomic mass is 10.1. The summed E-state index contributed by atoms with van der Waals surface area (Å²) in [6.07, 6.45) is 3.96. The van der Waals surface area contributed by atoms with Gasteiger partial charge >= 0.3 is 0 Å². The maximum absolute atomic E-state index is 13.8. The molecule has 1 unspecified atom stereocenters. The van der Waals surface area contributed by atoms with E-state index >= 15 is 0 Å². The minimum Gasteiger partial charge on any atom is -0.486 e. The minimum atomic E-state index is -1.09. The highest BCUT2D eigenvalue weighted by Gasteiger charge is 2.23. The predicted molar refractivity (Wildman–Crippen MR) is 66.2 cm³/mol. The molecule has 1 aromatic heterocycles. The molecule has 2 rings (SSSR count). The second-order valence-corrected chi connectivity index (χ2v) is 4.09. The van der Waals surface area contributed by atoms with E-state index in [0.717, 1.165) is 6.07 Å². The molecule has 0 bridgehead atoms. The summed E-state index contributed by atoms with van der Waals surface area (Å²) in [6, 6.07) is 2.34. The van der Waals surface area contributed by atoms with Crippen molar-refractivity contribution in [3.8, 4) is 5.75 Å². The maximum atomic E-state index is 13.8. The van der Waals surface area contributed by atoms with Crippen LogP contribution < -0.4 is 4.74 Å². The molecule has 0 N–H and O–H groups in total. The number of hydrogen-bond acceptors (Lipinski definition) is 3. The monoisotopic (exact) mass is 285 g/mol. The number of alkyl halides is 1. The molecule has 0 aliphatic heterocycles. The largest absolute Gasteiger partial charge is 0.486 e. The first-order valence-electron chi connectivity index (χ1n) is 5.39. The molecule has 6 heteroatoms. The molecule has 0 radical (unpaired) electrons. The van der Waals surface area contributed by atoms with Crippen molar-refractivity contribution < 1.29 is 17.9 Å². The Kier molecular flexibility index (Phi) is 4.16. The van der Waals surface area contributed by atoms with E-state index in [9.17, 15) is 8.78 Å². The summed E-state index contributed by atoms with van der Waals surface area (Å²) >= 11 is 6.16. The third-order valence-electron chi connectivity index (χ3n) is 2.41. The second kappa shape index (κ2) is 5.84. The van der Waals surface area contributed by atoms with Gasteiger partial charge in [-0.1, -0.05) is 18.7 Å². The van der Waals surface area contributed by atoms with Crippen molar-refractivity contribution in [2.75, 3.05) is 6.61 Å². The highest BCUT2D eigenvalue weighted by Crippen LogP contribution is 2.36. The first-order valence-corrected chi connectivity index (χ1v) is 5.82. The molecule has 3 nitrogen and oxygen atoms in total. The fourth-order valence-corrected chi connectivity index (χ4v) is 1.82. The van der Waals surface area contributed by atoms with E-state index in [4.69, 9.17) is 20.8 Å². The average molecular weight is 286 g/mol. The predicted octanol–water partition coefficient (Wildman–Crippen LogP) is 3.85. The Labute approximate surface area is 113 Å². The Hall–Kier alpha value is -1.88. The molecule has 0 spiro atoms. The zero-order chi connectivity index (χ0) is 13.8. The van der Waals surface area contributed by atoms with Gasteiger partial charge in [-0.05, 0) is 6.07 Å². The van der Waals surface area contributed by atoms with Gasteiger partial charge in [0.05, 0.1) is 0 Å². The normalized spacial score (nSPS) is 12.2. The Balaban J connectivity index is 2.44. The SMILES string of the molecule is C=CCOc1c(C(Cl)c2cocn2)ccc(F)c1F. The molecule has 0 saturated heterocycles. The van der Waals surface area contributed by atoms with Gasteiger partial charge < -0.3 is 9.15 Å². The summed E-state index contributed by atoms with van der Waals surface area (Å²) in [5.41, 5.74) is 0.660. The van der Waals surface area contributed by atoms with E-state index in [2.05, 4.69) is 11.6 Å². The smallest absolute Gasteiger partial charge is 0.200 e. The van der Waals surface area contributed by atoms with Gasteiger partial charge in [-0.15, -0.1) is 11.6 Å². The summed E-state index contributed by atoms with van der Waals surface area (Å²) in [6.45, 7) is 3.49. The van der Waals surface area contributed by atoms with Crippen molar-refractivity contribution in [1.82, 2.24) is 4.98 Å². The lowest BCUT2D eigenvalue weighted by molar-refractivity contribution is 0.328. The Morgan fingerprint density at radius 2 is 2.26 bits per heavy atom. The summed E-state index contributed by atoms with van der Waals surface area (Å²) in [7, 11) is 0. The molecule has 0 amide bonds. The van der Waals surface area contributed by atoms with Gasteiger partial charge in [-0.2, -0.15) is 4.39 Å².